The van der Waals surface area contributed by atoms with Crippen molar-refractivity contribution in [1.82, 2.24) is 4.90 Å². The number of hydrogen-bond acceptors (Lipinski definition) is 4. The maximum absolute atomic E-state index is 12.2. The summed E-state index contributed by atoms with van der Waals surface area (Å²) in [6.07, 6.45) is -0.602. The smallest absolute Gasteiger partial charge is 0.328 e. The van der Waals surface area contributed by atoms with Gasteiger partial charge in [-0.25, -0.2) is 9.59 Å². The number of esters is 1. The fraction of sp³-hybridized carbons (Fsp3) is 0.385. The molecule has 2 rings (SSSR count). The Bertz CT molecular complexity index is 567. The first-order valence-electron chi connectivity index (χ1n) is 6.21. The van der Waals surface area contributed by atoms with E-state index in [1.54, 1.807) is 12.1 Å². The molecule has 6 nitrogen and oxygen atoms in total. The number of benzene rings is 1. The summed E-state index contributed by atoms with van der Waals surface area (Å²) < 4.78 is 4.64. The minimum Gasteiger partial charge on any atom is -0.467 e. The minimum absolute atomic E-state index is 0.0624. The number of ether oxygens (including phenoxy) is 1. The average molecular weight is 333 g/mol. The van der Waals surface area contributed by atoms with Crippen LogP contribution in [0.3, 0.4) is 0 Å². The molecule has 0 aliphatic carbocycles. The number of hydrogen-bond donors (Lipinski definition) is 2. The van der Waals surface area contributed by atoms with Gasteiger partial charge in [-0.1, -0.05) is 23.2 Å². The zero-order chi connectivity index (χ0) is 15.6. The van der Waals surface area contributed by atoms with Crippen LogP contribution in [-0.2, 0) is 9.53 Å². The minimum atomic E-state index is -0.798. The van der Waals surface area contributed by atoms with Crippen LogP contribution in [0.1, 0.15) is 6.42 Å². The van der Waals surface area contributed by atoms with Crippen LogP contribution in [0.4, 0.5) is 10.5 Å². The molecule has 0 unspecified atom stereocenters. The Morgan fingerprint density at radius 1 is 1.38 bits per heavy atom. The van der Waals surface area contributed by atoms with Crippen molar-refractivity contribution in [3.63, 3.8) is 0 Å². The predicted octanol–water partition coefficient (Wildman–Crippen LogP) is 2.13. The number of nitrogens with zero attached hydrogens (tertiary/aromatic N) is 1. The number of rotatable bonds is 2. The molecule has 0 spiro atoms. The monoisotopic (exact) mass is 332 g/mol. The van der Waals surface area contributed by atoms with Crippen LogP contribution >= 0.6 is 23.2 Å². The summed E-state index contributed by atoms with van der Waals surface area (Å²) in [4.78, 5) is 25.1. The van der Waals surface area contributed by atoms with E-state index in [0.29, 0.717) is 15.7 Å². The Morgan fingerprint density at radius 3 is 2.71 bits per heavy atom. The largest absolute Gasteiger partial charge is 0.467 e. The summed E-state index contributed by atoms with van der Waals surface area (Å²) in [5.74, 6) is -0.559. The van der Waals surface area contributed by atoms with Crippen molar-refractivity contribution in [2.75, 3.05) is 19.0 Å². The molecule has 1 aliphatic heterocycles. The molecule has 1 saturated heterocycles. The fourth-order valence-electron chi connectivity index (χ4n) is 2.17. The number of halogens is 2. The van der Waals surface area contributed by atoms with Gasteiger partial charge in [0.15, 0.2) is 0 Å². The molecule has 21 heavy (non-hydrogen) atoms. The van der Waals surface area contributed by atoms with E-state index in [4.69, 9.17) is 23.2 Å². The van der Waals surface area contributed by atoms with Crippen molar-refractivity contribution in [2.24, 2.45) is 0 Å². The van der Waals surface area contributed by atoms with Gasteiger partial charge in [0.2, 0.25) is 0 Å². The molecular weight excluding hydrogens is 319 g/mol. The summed E-state index contributed by atoms with van der Waals surface area (Å²) in [5.41, 5.74) is 0.444. The van der Waals surface area contributed by atoms with Gasteiger partial charge in [-0.2, -0.15) is 0 Å². The topological polar surface area (TPSA) is 78.9 Å². The summed E-state index contributed by atoms with van der Waals surface area (Å²) in [6, 6.07) is 3.33. The van der Waals surface area contributed by atoms with Crippen LogP contribution < -0.4 is 5.32 Å². The highest BCUT2D eigenvalue weighted by Crippen LogP contribution is 2.26. The van der Waals surface area contributed by atoms with Crippen LogP contribution in [0.15, 0.2) is 18.2 Å². The number of likely N-dealkylation sites (tertiary alicyclic amines) is 1. The number of methoxy groups -OCH3 is 1. The number of aliphatic hydroxyl groups excluding tert-OH is 1. The molecule has 1 fully saturated rings. The Balaban J connectivity index is 2.11. The highest BCUT2D eigenvalue weighted by Gasteiger charge is 2.39. The Kier molecular flexibility index (Phi) is 4.92. The molecule has 114 valence electrons. The first-order chi connectivity index (χ1) is 9.92. The molecule has 1 aliphatic rings. The number of aliphatic hydroxyl groups is 1. The van der Waals surface area contributed by atoms with Crippen molar-refractivity contribution in [3.05, 3.63) is 28.2 Å². The lowest BCUT2D eigenvalue weighted by Gasteiger charge is -2.22. The average Bonchev–Trinajstić information content (AvgIpc) is 2.84. The lowest BCUT2D eigenvalue weighted by molar-refractivity contribution is -0.144. The van der Waals surface area contributed by atoms with Gasteiger partial charge in [-0.3, -0.25) is 0 Å². The molecule has 8 heteroatoms. The highest BCUT2D eigenvalue weighted by atomic mass is 35.5. The molecule has 2 N–H and O–H groups in total. The van der Waals surface area contributed by atoms with E-state index in [2.05, 4.69) is 10.1 Å². The summed E-state index contributed by atoms with van der Waals surface area (Å²) in [6.45, 7) is 0.0624. The maximum atomic E-state index is 12.2. The maximum Gasteiger partial charge on any atom is 0.328 e. The lowest BCUT2D eigenvalue weighted by Crippen LogP contribution is -2.43. The molecule has 1 aromatic carbocycles. The normalized spacial score (nSPS) is 21.2. The summed E-state index contributed by atoms with van der Waals surface area (Å²) in [7, 11) is 1.24. The van der Waals surface area contributed by atoms with Crippen LogP contribution in [0.5, 0.6) is 0 Å². The SMILES string of the molecule is COC(=O)[C@H]1C[C@H](O)CN1C(=O)Nc1ccc(Cl)c(Cl)c1. The third-order valence-electron chi connectivity index (χ3n) is 3.18. The van der Waals surface area contributed by atoms with E-state index in [9.17, 15) is 14.7 Å². The molecule has 2 atom stereocenters. The third-order valence-corrected chi connectivity index (χ3v) is 3.92. The van der Waals surface area contributed by atoms with E-state index < -0.39 is 24.1 Å². The van der Waals surface area contributed by atoms with E-state index in [0.717, 1.165) is 0 Å². The van der Waals surface area contributed by atoms with Crippen molar-refractivity contribution in [3.8, 4) is 0 Å². The zero-order valence-electron chi connectivity index (χ0n) is 11.2. The van der Waals surface area contributed by atoms with E-state index in [1.807, 2.05) is 0 Å². The van der Waals surface area contributed by atoms with E-state index in [1.165, 1.54) is 18.1 Å². The molecule has 0 bridgehead atoms. The molecule has 0 radical (unpaired) electrons. The molecular formula is C13H14Cl2N2O4. The molecule has 0 aromatic heterocycles. The highest BCUT2D eigenvalue weighted by molar-refractivity contribution is 6.42. The van der Waals surface area contributed by atoms with Gasteiger partial charge in [0.1, 0.15) is 6.04 Å². The number of β-amino-alcohol motifs (C(OH)–C–C–N with tert-alkyl or cyclic N) is 1. The first-order valence-corrected chi connectivity index (χ1v) is 6.96. The second-order valence-electron chi connectivity index (χ2n) is 4.64. The van der Waals surface area contributed by atoms with Crippen LogP contribution in [0, 0.1) is 0 Å². The van der Waals surface area contributed by atoms with E-state index >= 15 is 0 Å². The van der Waals surface area contributed by atoms with Gasteiger partial charge < -0.3 is 20.1 Å². The van der Waals surface area contributed by atoms with Crippen molar-refractivity contribution in [1.29, 1.82) is 0 Å². The molecule has 1 heterocycles. The number of carbonyl (C=O) groups is 2. The Labute approximate surface area is 131 Å². The van der Waals surface area contributed by atoms with Gasteiger partial charge >= 0.3 is 12.0 Å². The molecule has 0 saturated carbocycles. The number of amides is 2. The Hall–Kier alpha value is -1.50. The van der Waals surface area contributed by atoms with Gasteiger partial charge in [0, 0.05) is 18.7 Å². The fourth-order valence-corrected chi connectivity index (χ4v) is 2.46. The van der Waals surface area contributed by atoms with Crippen LogP contribution in [0.25, 0.3) is 0 Å². The second kappa shape index (κ2) is 6.51. The lowest BCUT2D eigenvalue weighted by atomic mass is 10.2. The van der Waals surface area contributed by atoms with Gasteiger partial charge in [-0.15, -0.1) is 0 Å². The van der Waals surface area contributed by atoms with Crippen LogP contribution in [-0.4, -0.2) is 47.8 Å². The van der Waals surface area contributed by atoms with Gasteiger partial charge in [0.05, 0.1) is 23.3 Å². The van der Waals surface area contributed by atoms with Crippen molar-refractivity contribution < 1.29 is 19.4 Å². The molecule has 1 aromatic rings. The van der Waals surface area contributed by atoms with Crippen LogP contribution in [0.2, 0.25) is 10.0 Å². The van der Waals surface area contributed by atoms with Crippen molar-refractivity contribution in [2.45, 2.75) is 18.6 Å². The number of anilines is 1. The second-order valence-corrected chi connectivity index (χ2v) is 5.45. The van der Waals surface area contributed by atoms with Gasteiger partial charge in [0.25, 0.3) is 0 Å². The number of carbonyl (C=O) groups excluding carboxylic acids is 2. The summed E-state index contributed by atoms with van der Waals surface area (Å²) in [5, 5.41) is 12.9. The van der Waals surface area contributed by atoms with Gasteiger partial charge in [-0.05, 0) is 18.2 Å². The quantitative estimate of drug-likeness (QED) is 0.813. The first kappa shape index (κ1) is 15.9. The number of nitrogens with one attached hydrogen (secondary N) is 1. The third kappa shape index (κ3) is 3.58. The summed E-state index contributed by atoms with van der Waals surface area (Å²) >= 11 is 11.7. The zero-order valence-corrected chi connectivity index (χ0v) is 12.7. The Morgan fingerprint density at radius 2 is 2.10 bits per heavy atom. The molecule has 2 amide bonds. The van der Waals surface area contributed by atoms with E-state index in [-0.39, 0.29) is 13.0 Å². The van der Waals surface area contributed by atoms with Crippen molar-refractivity contribution >= 4 is 40.9 Å². The number of urea groups is 1. The predicted molar refractivity (Wildman–Crippen MR) is 78.6 cm³/mol. The standard InChI is InChI=1S/C13H14Cl2N2O4/c1-21-12(19)11-5-8(18)6-17(11)13(20)16-7-2-3-9(14)10(15)4-7/h2-4,8,11,18H,5-6H2,1H3,(H,16,20)/t8-,11+/m0/s1.